The number of hydrogen-bond donors (Lipinski definition) is 1. The van der Waals surface area contributed by atoms with E-state index in [1.165, 1.54) is 11.0 Å². The van der Waals surface area contributed by atoms with Crippen molar-refractivity contribution < 1.29 is 23.8 Å². The van der Waals surface area contributed by atoms with Crippen LogP contribution in [0.25, 0.3) is 0 Å². The molecule has 1 amide bonds. The summed E-state index contributed by atoms with van der Waals surface area (Å²) >= 11 is 0. The molecule has 7 heteroatoms. The van der Waals surface area contributed by atoms with Crippen LogP contribution in [0.4, 0.5) is 20.6 Å². The fourth-order valence-electron chi connectivity index (χ4n) is 3.42. The second kappa shape index (κ2) is 5.01. The molecule has 0 radical (unpaired) electrons. The molecular formula is C15H17FN2O4. The van der Waals surface area contributed by atoms with Gasteiger partial charge in [0.2, 0.25) is 0 Å². The Balaban J connectivity index is 1.69. The summed E-state index contributed by atoms with van der Waals surface area (Å²) < 4.78 is 25.3. The predicted octanol–water partition coefficient (Wildman–Crippen LogP) is 1.50. The molecule has 4 rings (SSSR count). The van der Waals surface area contributed by atoms with Crippen LogP contribution in [-0.4, -0.2) is 49.6 Å². The normalized spacial score (nSPS) is 26.5. The Bertz CT molecular complexity index is 624. The number of halogens is 1. The van der Waals surface area contributed by atoms with E-state index < -0.39 is 12.2 Å². The number of aliphatic hydroxyl groups excluding tert-OH is 1. The van der Waals surface area contributed by atoms with Gasteiger partial charge < -0.3 is 19.5 Å². The van der Waals surface area contributed by atoms with Crippen LogP contribution < -0.4 is 14.5 Å². The maximum Gasteiger partial charge on any atom is 0.414 e. The lowest BCUT2D eigenvalue weighted by Crippen LogP contribution is -2.39. The molecule has 3 heterocycles. The van der Waals surface area contributed by atoms with Gasteiger partial charge in [0.1, 0.15) is 24.1 Å². The lowest BCUT2D eigenvalue weighted by molar-refractivity contribution is 0.0963. The first kappa shape index (κ1) is 13.6. The molecule has 0 saturated carbocycles. The Kier molecular flexibility index (Phi) is 3.11. The van der Waals surface area contributed by atoms with E-state index >= 15 is 0 Å². The van der Waals surface area contributed by atoms with Crippen LogP contribution in [0.5, 0.6) is 5.75 Å². The van der Waals surface area contributed by atoms with Crippen molar-refractivity contribution >= 4 is 17.5 Å². The summed E-state index contributed by atoms with van der Waals surface area (Å²) in [5, 5.41) is 9.09. The van der Waals surface area contributed by atoms with Gasteiger partial charge in [0, 0.05) is 18.7 Å². The molecule has 0 bridgehead atoms. The molecular weight excluding hydrogens is 291 g/mol. The quantitative estimate of drug-likeness (QED) is 0.897. The van der Waals surface area contributed by atoms with Crippen molar-refractivity contribution in [2.24, 2.45) is 0 Å². The van der Waals surface area contributed by atoms with Crippen LogP contribution >= 0.6 is 0 Å². The van der Waals surface area contributed by atoms with Gasteiger partial charge in [-0.3, -0.25) is 4.90 Å². The van der Waals surface area contributed by atoms with Crippen LogP contribution in [0.15, 0.2) is 12.1 Å². The number of benzene rings is 1. The van der Waals surface area contributed by atoms with E-state index in [0.717, 1.165) is 19.4 Å². The first-order valence-corrected chi connectivity index (χ1v) is 7.49. The molecule has 1 aromatic rings. The Morgan fingerprint density at radius 2 is 2.27 bits per heavy atom. The lowest BCUT2D eigenvalue weighted by atomic mass is 10.1. The first-order valence-electron chi connectivity index (χ1n) is 7.49. The highest BCUT2D eigenvalue weighted by Gasteiger charge is 2.37. The Hall–Kier alpha value is -2.02. The summed E-state index contributed by atoms with van der Waals surface area (Å²) in [4.78, 5) is 15.2. The topological polar surface area (TPSA) is 62.2 Å². The van der Waals surface area contributed by atoms with Crippen molar-refractivity contribution in [3.63, 3.8) is 0 Å². The zero-order chi connectivity index (χ0) is 15.3. The summed E-state index contributed by atoms with van der Waals surface area (Å²) in [6.45, 7) is 1.33. The minimum atomic E-state index is -0.576. The van der Waals surface area contributed by atoms with Crippen molar-refractivity contribution in [3.05, 3.63) is 17.9 Å². The number of carbonyl (C=O) groups excluding carboxylic acids is 1. The molecule has 118 valence electrons. The van der Waals surface area contributed by atoms with Gasteiger partial charge in [-0.25, -0.2) is 9.18 Å². The molecule has 1 aromatic carbocycles. The highest BCUT2D eigenvalue weighted by Crippen LogP contribution is 2.42. The van der Waals surface area contributed by atoms with E-state index in [0.29, 0.717) is 23.7 Å². The van der Waals surface area contributed by atoms with Crippen LogP contribution in [-0.2, 0) is 4.74 Å². The highest BCUT2D eigenvalue weighted by atomic mass is 19.1. The molecule has 22 heavy (non-hydrogen) atoms. The van der Waals surface area contributed by atoms with Gasteiger partial charge in [-0.15, -0.1) is 0 Å². The Morgan fingerprint density at radius 3 is 3.05 bits per heavy atom. The molecule has 0 spiro atoms. The van der Waals surface area contributed by atoms with E-state index in [9.17, 15) is 9.18 Å². The SMILES string of the molecule is O=C1O[C@@H](CO)CN1c1cc(F)c2c(c1)OC[C@@H]1CCCN21. The number of amides is 1. The maximum absolute atomic E-state index is 14.6. The number of hydrogen-bond acceptors (Lipinski definition) is 5. The minimum Gasteiger partial charge on any atom is -0.489 e. The molecule has 6 nitrogen and oxygen atoms in total. The molecule has 0 aliphatic carbocycles. The largest absolute Gasteiger partial charge is 0.489 e. The number of ether oxygens (including phenoxy) is 2. The van der Waals surface area contributed by atoms with Gasteiger partial charge in [0.15, 0.2) is 5.82 Å². The van der Waals surface area contributed by atoms with Crippen LogP contribution in [0.1, 0.15) is 12.8 Å². The molecule has 1 N–H and O–H groups in total. The summed E-state index contributed by atoms with van der Waals surface area (Å²) in [7, 11) is 0. The summed E-state index contributed by atoms with van der Waals surface area (Å²) in [5.74, 6) is 0.0766. The number of rotatable bonds is 2. The molecule has 3 aliphatic rings. The monoisotopic (exact) mass is 308 g/mol. The third kappa shape index (κ3) is 1.99. The molecule has 2 fully saturated rings. The number of fused-ring (bicyclic) bond motifs is 3. The third-order valence-corrected chi connectivity index (χ3v) is 4.50. The van der Waals surface area contributed by atoms with Gasteiger partial charge in [-0.2, -0.15) is 0 Å². The molecule has 0 unspecified atom stereocenters. The second-order valence-corrected chi connectivity index (χ2v) is 5.87. The van der Waals surface area contributed by atoms with E-state index in [1.54, 1.807) is 6.07 Å². The average Bonchev–Trinajstić information content (AvgIpc) is 3.12. The Labute approximate surface area is 127 Å². The van der Waals surface area contributed by atoms with Crippen molar-refractivity contribution in [2.45, 2.75) is 25.0 Å². The van der Waals surface area contributed by atoms with Crippen molar-refractivity contribution in [1.82, 2.24) is 0 Å². The lowest BCUT2D eigenvalue weighted by Gasteiger charge is -2.34. The number of anilines is 2. The highest BCUT2D eigenvalue weighted by molar-refractivity contribution is 5.90. The summed E-state index contributed by atoms with van der Waals surface area (Å²) in [5.41, 5.74) is 0.888. The Morgan fingerprint density at radius 1 is 1.41 bits per heavy atom. The van der Waals surface area contributed by atoms with E-state index in [-0.39, 0.29) is 25.0 Å². The van der Waals surface area contributed by atoms with Crippen molar-refractivity contribution in [1.29, 1.82) is 0 Å². The molecule has 2 saturated heterocycles. The number of nitrogens with zero attached hydrogens (tertiary/aromatic N) is 2. The number of cyclic esters (lactones) is 1. The van der Waals surface area contributed by atoms with Gasteiger partial charge >= 0.3 is 6.09 Å². The van der Waals surface area contributed by atoms with Crippen molar-refractivity contribution in [2.75, 3.05) is 36.1 Å². The fraction of sp³-hybridized carbons (Fsp3) is 0.533. The predicted molar refractivity (Wildman–Crippen MR) is 77.0 cm³/mol. The van der Waals surface area contributed by atoms with Gasteiger partial charge in [-0.05, 0) is 12.8 Å². The van der Waals surface area contributed by atoms with Crippen LogP contribution in [0, 0.1) is 5.82 Å². The van der Waals surface area contributed by atoms with E-state index in [4.69, 9.17) is 14.6 Å². The number of carbonyl (C=O) groups is 1. The average molecular weight is 308 g/mol. The molecule has 0 aromatic heterocycles. The van der Waals surface area contributed by atoms with E-state index in [1.807, 2.05) is 0 Å². The molecule has 3 aliphatic heterocycles. The molecule has 2 atom stereocenters. The standard InChI is InChI=1S/C15H17FN2O4/c16-12-4-10(18-6-11(7-19)22-15(18)20)5-13-14(12)17-3-1-2-9(17)8-21-13/h4-5,9,11,19H,1-3,6-8H2/t9-,11+/m0/s1. The smallest absolute Gasteiger partial charge is 0.414 e. The fourth-order valence-corrected chi connectivity index (χ4v) is 3.42. The summed E-state index contributed by atoms with van der Waals surface area (Å²) in [6.07, 6.45) is 0.895. The van der Waals surface area contributed by atoms with Gasteiger partial charge in [0.25, 0.3) is 0 Å². The number of aliphatic hydroxyl groups is 1. The van der Waals surface area contributed by atoms with Gasteiger partial charge in [0.05, 0.1) is 24.9 Å². The van der Waals surface area contributed by atoms with Crippen LogP contribution in [0.3, 0.4) is 0 Å². The minimum absolute atomic E-state index is 0.208. The van der Waals surface area contributed by atoms with Crippen LogP contribution in [0.2, 0.25) is 0 Å². The zero-order valence-electron chi connectivity index (χ0n) is 12.0. The van der Waals surface area contributed by atoms with Crippen molar-refractivity contribution in [3.8, 4) is 5.75 Å². The summed E-state index contributed by atoms with van der Waals surface area (Å²) in [6, 6.07) is 3.25. The maximum atomic E-state index is 14.6. The zero-order valence-corrected chi connectivity index (χ0v) is 12.0. The first-order chi connectivity index (χ1) is 10.7. The van der Waals surface area contributed by atoms with E-state index in [2.05, 4.69) is 4.90 Å². The second-order valence-electron chi connectivity index (χ2n) is 5.87. The third-order valence-electron chi connectivity index (χ3n) is 4.50. The van der Waals surface area contributed by atoms with Gasteiger partial charge in [-0.1, -0.05) is 0 Å².